The number of nitrogens with zero attached hydrogens (tertiary/aromatic N) is 2. The standard InChI is InChI=1S/C16H14FN3/c1-10-19-15-8-7-11(9-13(15)16(18-2)20-10)12-5-3-4-6-14(12)17/h3-9H,1-2H3,(H,18,19,20). The van der Waals surface area contributed by atoms with Gasteiger partial charge in [-0.15, -0.1) is 0 Å². The zero-order valence-corrected chi connectivity index (χ0v) is 11.3. The van der Waals surface area contributed by atoms with E-state index in [1.165, 1.54) is 6.07 Å². The predicted octanol–water partition coefficient (Wildman–Crippen LogP) is 3.79. The van der Waals surface area contributed by atoms with E-state index in [0.717, 1.165) is 22.3 Å². The van der Waals surface area contributed by atoms with Crippen LogP contribution >= 0.6 is 0 Å². The number of rotatable bonds is 2. The lowest BCUT2D eigenvalue weighted by Crippen LogP contribution is -1.98. The van der Waals surface area contributed by atoms with Crippen molar-refractivity contribution in [1.29, 1.82) is 0 Å². The van der Waals surface area contributed by atoms with Crippen LogP contribution in [0.2, 0.25) is 0 Å². The van der Waals surface area contributed by atoms with Gasteiger partial charge in [0, 0.05) is 18.0 Å². The van der Waals surface area contributed by atoms with Gasteiger partial charge >= 0.3 is 0 Å². The van der Waals surface area contributed by atoms with Crippen molar-refractivity contribution in [1.82, 2.24) is 9.97 Å². The molecule has 0 saturated heterocycles. The average molecular weight is 267 g/mol. The summed E-state index contributed by atoms with van der Waals surface area (Å²) in [6, 6.07) is 12.4. The second kappa shape index (κ2) is 4.89. The molecule has 20 heavy (non-hydrogen) atoms. The summed E-state index contributed by atoms with van der Waals surface area (Å²) in [5.74, 6) is 1.23. The van der Waals surface area contributed by atoms with E-state index in [-0.39, 0.29) is 5.82 Å². The third-order valence-electron chi connectivity index (χ3n) is 3.23. The molecule has 0 fully saturated rings. The zero-order chi connectivity index (χ0) is 14.1. The third kappa shape index (κ3) is 2.09. The van der Waals surface area contributed by atoms with Gasteiger partial charge in [-0.3, -0.25) is 0 Å². The van der Waals surface area contributed by atoms with E-state index in [9.17, 15) is 4.39 Å². The molecule has 1 aromatic heterocycles. The van der Waals surface area contributed by atoms with Gasteiger partial charge in [0.25, 0.3) is 0 Å². The van der Waals surface area contributed by atoms with Gasteiger partial charge in [-0.05, 0) is 30.7 Å². The molecule has 0 unspecified atom stereocenters. The van der Waals surface area contributed by atoms with Crippen molar-refractivity contribution in [3.63, 3.8) is 0 Å². The van der Waals surface area contributed by atoms with Crippen LogP contribution < -0.4 is 5.32 Å². The summed E-state index contributed by atoms with van der Waals surface area (Å²) in [7, 11) is 1.82. The van der Waals surface area contributed by atoms with Gasteiger partial charge in [0.2, 0.25) is 0 Å². The Balaban J connectivity index is 2.25. The molecule has 3 aromatic rings. The monoisotopic (exact) mass is 267 g/mol. The molecule has 4 heteroatoms. The lowest BCUT2D eigenvalue weighted by atomic mass is 10.0. The third-order valence-corrected chi connectivity index (χ3v) is 3.23. The van der Waals surface area contributed by atoms with Crippen LogP contribution in [0.3, 0.4) is 0 Å². The molecule has 0 spiro atoms. The Hall–Kier alpha value is -2.49. The molecular weight excluding hydrogens is 253 g/mol. The number of halogens is 1. The minimum Gasteiger partial charge on any atom is -0.373 e. The van der Waals surface area contributed by atoms with Crippen LogP contribution in [0.4, 0.5) is 10.2 Å². The molecule has 0 aliphatic carbocycles. The molecular formula is C16H14FN3. The Morgan fingerprint density at radius 2 is 1.85 bits per heavy atom. The summed E-state index contributed by atoms with van der Waals surface area (Å²) in [5.41, 5.74) is 2.25. The van der Waals surface area contributed by atoms with Crippen molar-refractivity contribution >= 4 is 16.7 Å². The quantitative estimate of drug-likeness (QED) is 0.767. The fourth-order valence-electron chi connectivity index (χ4n) is 2.30. The molecule has 0 aliphatic rings. The van der Waals surface area contributed by atoms with E-state index in [2.05, 4.69) is 15.3 Å². The minimum atomic E-state index is -0.231. The van der Waals surface area contributed by atoms with Crippen molar-refractivity contribution in [2.75, 3.05) is 12.4 Å². The van der Waals surface area contributed by atoms with Gasteiger partial charge in [-0.25, -0.2) is 14.4 Å². The topological polar surface area (TPSA) is 37.8 Å². The maximum absolute atomic E-state index is 13.9. The average Bonchev–Trinajstić information content (AvgIpc) is 2.46. The number of fused-ring (bicyclic) bond motifs is 1. The maximum atomic E-state index is 13.9. The van der Waals surface area contributed by atoms with Gasteiger partial charge in [-0.1, -0.05) is 24.3 Å². The summed E-state index contributed by atoms with van der Waals surface area (Å²) >= 11 is 0. The first kappa shape index (κ1) is 12.5. The van der Waals surface area contributed by atoms with Gasteiger partial charge in [0.05, 0.1) is 5.52 Å². The van der Waals surface area contributed by atoms with Gasteiger partial charge in [0.15, 0.2) is 0 Å². The zero-order valence-electron chi connectivity index (χ0n) is 11.3. The number of hydrogen-bond acceptors (Lipinski definition) is 3. The first-order valence-electron chi connectivity index (χ1n) is 6.40. The Morgan fingerprint density at radius 1 is 1.05 bits per heavy atom. The van der Waals surface area contributed by atoms with Crippen LogP contribution in [0.1, 0.15) is 5.82 Å². The minimum absolute atomic E-state index is 0.231. The molecule has 2 aromatic carbocycles. The van der Waals surface area contributed by atoms with Gasteiger partial charge < -0.3 is 5.32 Å². The van der Waals surface area contributed by atoms with Crippen molar-refractivity contribution in [3.05, 3.63) is 54.1 Å². The second-order valence-electron chi connectivity index (χ2n) is 4.58. The summed E-state index contributed by atoms with van der Waals surface area (Å²) in [5, 5.41) is 3.95. The number of anilines is 1. The summed E-state index contributed by atoms with van der Waals surface area (Å²) in [6.07, 6.45) is 0. The molecule has 1 heterocycles. The highest BCUT2D eigenvalue weighted by Crippen LogP contribution is 2.28. The number of benzene rings is 2. The molecule has 3 nitrogen and oxygen atoms in total. The molecule has 0 bridgehead atoms. The summed E-state index contributed by atoms with van der Waals surface area (Å²) in [4.78, 5) is 8.76. The van der Waals surface area contributed by atoms with Crippen LogP contribution in [0.5, 0.6) is 0 Å². The molecule has 0 aliphatic heterocycles. The van der Waals surface area contributed by atoms with Crippen LogP contribution in [0.15, 0.2) is 42.5 Å². The van der Waals surface area contributed by atoms with Gasteiger partial charge in [-0.2, -0.15) is 0 Å². The second-order valence-corrected chi connectivity index (χ2v) is 4.58. The maximum Gasteiger partial charge on any atom is 0.137 e. The number of hydrogen-bond donors (Lipinski definition) is 1. The summed E-state index contributed by atoms with van der Waals surface area (Å²) in [6.45, 7) is 1.85. The van der Waals surface area contributed by atoms with Crippen molar-refractivity contribution in [3.8, 4) is 11.1 Å². The van der Waals surface area contributed by atoms with E-state index >= 15 is 0 Å². The van der Waals surface area contributed by atoms with E-state index in [1.807, 2.05) is 38.2 Å². The van der Waals surface area contributed by atoms with E-state index in [0.29, 0.717) is 11.4 Å². The number of nitrogens with one attached hydrogen (secondary N) is 1. The molecule has 0 amide bonds. The Kier molecular flexibility index (Phi) is 3.06. The molecule has 0 atom stereocenters. The lowest BCUT2D eigenvalue weighted by Gasteiger charge is -2.09. The van der Waals surface area contributed by atoms with Crippen LogP contribution in [-0.2, 0) is 0 Å². The molecule has 100 valence electrons. The largest absolute Gasteiger partial charge is 0.373 e. The lowest BCUT2D eigenvalue weighted by molar-refractivity contribution is 0.631. The molecule has 1 N–H and O–H groups in total. The smallest absolute Gasteiger partial charge is 0.137 e. The normalized spacial score (nSPS) is 10.8. The highest BCUT2D eigenvalue weighted by Gasteiger charge is 2.09. The highest BCUT2D eigenvalue weighted by atomic mass is 19.1. The van der Waals surface area contributed by atoms with Crippen molar-refractivity contribution in [2.24, 2.45) is 0 Å². The predicted molar refractivity (Wildman–Crippen MR) is 79.2 cm³/mol. The van der Waals surface area contributed by atoms with E-state index < -0.39 is 0 Å². The van der Waals surface area contributed by atoms with Gasteiger partial charge in [0.1, 0.15) is 17.5 Å². The Morgan fingerprint density at radius 3 is 2.60 bits per heavy atom. The van der Waals surface area contributed by atoms with E-state index in [1.54, 1.807) is 12.1 Å². The fourth-order valence-corrected chi connectivity index (χ4v) is 2.30. The highest BCUT2D eigenvalue weighted by molar-refractivity contribution is 5.92. The first-order valence-corrected chi connectivity index (χ1v) is 6.40. The van der Waals surface area contributed by atoms with E-state index in [4.69, 9.17) is 0 Å². The number of aryl methyl sites for hydroxylation is 1. The Labute approximate surface area is 116 Å². The molecule has 0 saturated carbocycles. The number of aromatic nitrogens is 2. The van der Waals surface area contributed by atoms with Crippen LogP contribution in [0.25, 0.3) is 22.0 Å². The Bertz CT molecular complexity index is 784. The fraction of sp³-hybridized carbons (Fsp3) is 0.125. The van der Waals surface area contributed by atoms with Crippen LogP contribution in [-0.4, -0.2) is 17.0 Å². The molecule has 0 radical (unpaired) electrons. The van der Waals surface area contributed by atoms with Crippen LogP contribution in [0, 0.1) is 12.7 Å². The van der Waals surface area contributed by atoms with Crippen molar-refractivity contribution in [2.45, 2.75) is 6.92 Å². The first-order chi connectivity index (χ1) is 9.69. The SMILES string of the molecule is CNc1nc(C)nc2ccc(-c3ccccc3F)cc12. The molecule has 3 rings (SSSR count). The summed E-state index contributed by atoms with van der Waals surface area (Å²) < 4.78 is 13.9. The van der Waals surface area contributed by atoms with Crippen molar-refractivity contribution < 1.29 is 4.39 Å².